The Labute approximate surface area is 174 Å². The molecule has 1 N–H and O–H groups in total. The Morgan fingerprint density at radius 2 is 1.55 bits per heavy atom. The third-order valence-electron chi connectivity index (χ3n) is 7.69. The van der Waals surface area contributed by atoms with Gasteiger partial charge in [-0.25, -0.2) is 0 Å². The number of carbonyl (C=O) groups excluding carboxylic acids is 1. The van der Waals surface area contributed by atoms with Crippen molar-refractivity contribution in [2.24, 2.45) is 11.8 Å². The third-order valence-corrected chi connectivity index (χ3v) is 7.69. The van der Waals surface area contributed by atoms with Gasteiger partial charge in [-0.1, -0.05) is 60.7 Å². The molecule has 29 heavy (non-hydrogen) atoms. The van der Waals surface area contributed by atoms with Gasteiger partial charge in [0.1, 0.15) is 0 Å². The van der Waals surface area contributed by atoms with Gasteiger partial charge in [0.05, 0.1) is 31.7 Å². The van der Waals surface area contributed by atoms with Gasteiger partial charge < -0.3 is 9.64 Å². The highest BCUT2D eigenvalue weighted by Gasteiger charge is 2.61. The maximum atomic E-state index is 13.1. The summed E-state index contributed by atoms with van der Waals surface area (Å²) in [5.41, 5.74) is 2.25. The minimum absolute atomic E-state index is 0.000592. The Bertz CT molecular complexity index is 793. The lowest BCUT2D eigenvalue weighted by atomic mass is 9.84. The van der Waals surface area contributed by atoms with Crippen molar-refractivity contribution in [3.63, 3.8) is 0 Å². The van der Waals surface area contributed by atoms with Crippen molar-refractivity contribution in [2.75, 3.05) is 19.7 Å². The summed E-state index contributed by atoms with van der Waals surface area (Å²) < 4.78 is 6.00. The molecular weight excluding hydrogens is 358 g/mol. The fourth-order valence-corrected chi connectivity index (χ4v) is 6.09. The molecular formula is C26H32NO2+. The molecule has 0 amide bonds. The van der Waals surface area contributed by atoms with Gasteiger partial charge in [0.2, 0.25) is 0 Å². The summed E-state index contributed by atoms with van der Waals surface area (Å²) in [6.07, 6.45) is 7.35. The van der Waals surface area contributed by atoms with E-state index in [2.05, 4.69) is 48.5 Å². The number of benzene rings is 2. The highest BCUT2D eigenvalue weighted by Crippen LogP contribution is 2.59. The molecule has 3 nitrogen and oxygen atoms in total. The average Bonchev–Trinajstić information content (AvgIpc) is 3.56. The summed E-state index contributed by atoms with van der Waals surface area (Å²) in [6, 6.07) is 21.7. The van der Waals surface area contributed by atoms with Gasteiger partial charge in [-0.05, 0) is 49.7 Å². The van der Waals surface area contributed by atoms with Crippen LogP contribution < -0.4 is 4.90 Å². The van der Waals surface area contributed by atoms with E-state index in [0.717, 1.165) is 6.42 Å². The molecule has 2 aromatic carbocycles. The molecule has 1 saturated carbocycles. The topological polar surface area (TPSA) is 30.7 Å². The van der Waals surface area contributed by atoms with Crippen LogP contribution in [-0.4, -0.2) is 31.7 Å². The van der Waals surface area contributed by atoms with Crippen molar-refractivity contribution in [1.82, 2.24) is 0 Å². The number of fused-ring (bicyclic) bond motifs is 1. The normalized spacial score (nSPS) is 30.2. The van der Waals surface area contributed by atoms with E-state index in [4.69, 9.17) is 4.74 Å². The first kappa shape index (κ1) is 18.9. The number of hydrogen-bond donors (Lipinski definition) is 1. The van der Waals surface area contributed by atoms with Gasteiger partial charge in [0.25, 0.3) is 0 Å². The van der Waals surface area contributed by atoms with Crippen LogP contribution in [0.5, 0.6) is 0 Å². The van der Waals surface area contributed by atoms with E-state index in [1.165, 1.54) is 56.3 Å². The lowest BCUT2D eigenvalue weighted by Crippen LogP contribution is -3.18. The van der Waals surface area contributed by atoms with Gasteiger partial charge in [-0.2, -0.15) is 0 Å². The minimum atomic E-state index is -0.214. The number of ether oxygens (including phenoxy) is 1. The Morgan fingerprint density at radius 1 is 0.897 bits per heavy atom. The average molecular weight is 391 g/mol. The maximum absolute atomic E-state index is 13.1. The summed E-state index contributed by atoms with van der Waals surface area (Å²) in [5, 5.41) is 0. The van der Waals surface area contributed by atoms with E-state index in [1.54, 1.807) is 4.90 Å². The van der Waals surface area contributed by atoms with Crippen molar-refractivity contribution < 1.29 is 14.4 Å². The van der Waals surface area contributed by atoms with Crippen LogP contribution in [0.4, 0.5) is 0 Å². The molecule has 3 aliphatic rings. The lowest BCUT2D eigenvalue weighted by Gasteiger charge is -2.41. The summed E-state index contributed by atoms with van der Waals surface area (Å²) in [7, 11) is 0. The molecule has 0 aromatic heterocycles. The molecule has 0 radical (unpaired) electrons. The summed E-state index contributed by atoms with van der Waals surface area (Å²) in [5.74, 6) is 0.482. The molecule has 5 rings (SSSR count). The number of rotatable bonds is 5. The smallest absolute Gasteiger partial charge is 0.310 e. The monoisotopic (exact) mass is 390 g/mol. The van der Waals surface area contributed by atoms with Crippen LogP contribution in [0.15, 0.2) is 60.7 Å². The molecule has 0 bridgehead atoms. The second kappa shape index (κ2) is 7.95. The summed E-state index contributed by atoms with van der Waals surface area (Å²) in [4.78, 5) is 14.9. The van der Waals surface area contributed by atoms with E-state index < -0.39 is 0 Å². The minimum Gasteiger partial charge on any atom is -0.465 e. The van der Waals surface area contributed by atoms with Crippen molar-refractivity contribution in [3.8, 4) is 0 Å². The largest absolute Gasteiger partial charge is 0.465 e. The molecule has 2 aromatic rings. The van der Waals surface area contributed by atoms with Crippen molar-refractivity contribution in [1.29, 1.82) is 0 Å². The quantitative estimate of drug-likeness (QED) is 0.794. The molecule has 2 heterocycles. The first-order chi connectivity index (χ1) is 14.3. The number of nitrogens with one attached hydrogen (secondary N) is 1. The standard InChI is InChI=1S/C26H31NO2/c28-25(29-19-20-10-9-17-27-16-8-7-15-24(20)27)23-18-26(23,21-11-3-1-4-12-21)22-13-5-2-6-14-22/h1-6,11-14,20,23-24H,7-10,15-19H2/p+1/t20-,23-,24+/m0/s1. The second-order valence-electron chi connectivity index (χ2n) is 9.25. The molecule has 0 spiro atoms. The first-order valence-electron chi connectivity index (χ1n) is 11.4. The van der Waals surface area contributed by atoms with Gasteiger partial charge in [-0.15, -0.1) is 0 Å². The SMILES string of the molecule is O=C(OC[C@@H]1CCC[NH+]2CCCC[C@H]12)[C@@H]1CC1(c1ccccc1)c1ccccc1. The number of hydrogen-bond acceptors (Lipinski definition) is 2. The second-order valence-corrected chi connectivity index (χ2v) is 9.25. The predicted octanol–water partition coefficient (Wildman–Crippen LogP) is 3.38. The van der Waals surface area contributed by atoms with Crippen LogP contribution in [-0.2, 0) is 14.9 Å². The fourth-order valence-electron chi connectivity index (χ4n) is 6.09. The number of esters is 1. The summed E-state index contributed by atoms with van der Waals surface area (Å²) in [6.45, 7) is 3.23. The van der Waals surface area contributed by atoms with Gasteiger partial charge >= 0.3 is 5.97 Å². The Kier molecular flexibility index (Phi) is 5.17. The van der Waals surface area contributed by atoms with E-state index in [0.29, 0.717) is 18.6 Å². The highest BCUT2D eigenvalue weighted by atomic mass is 16.5. The zero-order valence-electron chi connectivity index (χ0n) is 17.2. The maximum Gasteiger partial charge on any atom is 0.310 e. The highest BCUT2D eigenvalue weighted by molar-refractivity contribution is 5.81. The number of piperidine rings is 2. The first-order valence-corrected chi connectivity index (χ1v) is 11.4. The van der Waals surface area contributed by atoms with Crippen LogP contribution in [0.1, 0.15) is 49.7 Å². The van der Waals surface area contributed by atoms with Crippen LogP contribution in [0.25, 0.3) is 0 Å². The Balaban J connectivity index is 1.30. The molecule has 3 heteroatoms. The van der Waals surface area contributed by atoms with Crippen LogP contribution in [0.3, 0.4) is 0 Å². The Morgan fingerprint density at radius 3 is 2.24 bits per heavy atom. The van der Waals surface area contributed by atoms with Gasteiger partial charge in [0.15, 0.2) is 0 Å². The van der Waals surface area contributed by atoms with E-state index >= 15 is 0 Å². The summed E-state index contributed by atoms with van der Waals surface area (Å²) >= 11 is 0. The number of quaternary nitrogens is 1. The molecule has 2 aliphatic heterocycles. The van der Waals surface area contributed by atoms with Gasteiger partial charge in [0, 0.05) is 11.3 Å². The molecule has 4 atom stereocenters. The fraction of sp³-hybridized carbons (Fsp3) is 0.500. The molecule has 1 unspecified atom stereocenters. The lowest BCUT2D eigenvalue weighted by molar-refractivity contribution is -0.940. The van der Waals surface area contributed by atoms with E-state index in [-0.39, 0.29) is 17.3 Å². The van der Waals surface area contributed by atoms with Crippen molar-refractivity contribution in [3.05, 3.63) is 71.8 Å². The molecule has 1 aliphatic carbocycles. The Hall–Kier alpha value is -2.13. The predicted molar refractivity (Wildman–Crippen MR) is 114 cm³/mol. The zero-order valence-corrected chi connectivity index (χ0v) is 17.2. The third kappa shape index (κ3) is 3.50. The van der Waals surface area contributed by atoms with Crippen molar-refractivity contribution in [2.45, 2.75) is 50.0 Å². The van der Waals surface area contributed by atoms with Crippen LogP contribution in [0, 0.1) is 11.8 Å². The van der Waals surface area contributed by atoms with E-state index in [1.807, 2.05) is 12.1 Å². The van der Waals surface area contributed by atoms with E-state index in [9.17, 15) is 4.79 Å². The number of carbonyl (C=O) groups is 1. The van der Waals surface area contributed by atoms with Crippen LogP contribution >= 0.6 is 0 Å². The van der Waals surface area contributed by atoms with Crippen molar-refractivity contribution >= 4 is 5.97 Å². The molecule has 2 saturated heterocycles. The molecule has 152 valence electrons. The van der Waals surface area contributed by atoms with Crippen LogP contribution in [0.2, 0.25) is 0 Å². The molecule has 3 fully saturated rings. The van der Waals surface area contributed by atoms with Gasteiger partial charge in [-0.3, -0.25) is 4.79 Å². The zero-order chi connectivity index (χ0) is 19.7.